The van der Waals surface area contributed by atoms with E-state index in [-0.39, 0.29) is 36.3 Å². The molecule has 2 N–H and O–H groups in total. The first-order valence-electron chi connectivity index (χ1n) is 9.15. The van der Waals surface area contributed by atoms with Gasteiger partial charge in [-0.15, -0.1) is 28.8 Å². The van der Waals surface area contributed by atoms with Gasteiger partial charge in [0.1, 0.15) is 5.69 Å². The van der Waals surface area contributed by atoms with Crippen molar-refractivity contribution < 1.29 is 9.59 Å². The Labute approximate surface area is 178 Å². The highest BCUT2D eigenvalue weighted by molar-refractivity contribution is 7.20. The van der Waals surface area contributed by atoms with E-state index in [1.165, 1.54) is 11.3 Å². The molecule has 154 valence electrons. The van der Waals surface area contributed by atoms with Crippen molar-refractivity contribution in [1.82, 2.24) is 30.5 Å². The summed E-state index contributed by atoms with van der Waals surface area (Å²) in [5, 5.41) is 15.3. The molecule has 3 aromatic rings. The standard InChI is InChI=1S/C19H22N6O2S.ClH/c1-20-18(26)15-8-14(9-21-15)25-11-13(22-23-25)10-24(2)19(27)17-7-12-5-3-4-6-16(12)28-17;/h3-7,11,14-15,21H,8-10H2,1-2H3,(H,20,26);1H/t14-,15+;/m1./s1. The molecule has 3 heterocycles. The minimum atomic E-state index is -0.208. The number of carbonyl (C=O) groups excluding carboxylic acids is 2. The van der Waals surface area contributed by atoms with E-state index in [0.717, 1.165) is 15.8 Å². The number of benzene rings is 1. The molecule has 2 aromatic heterocycles. The van der Waals surface area contributed by atoms with Gasteiger partial charge >= 0.3 is 0 Å². The molecule has 0 radical (unpaired) electrons. The zero-order valence-electron chi connectivity index (χ0n) is 16.2. The normalized spacial score (nSPS) is 18.4. The third kappa shape index (κ3) is 4.42. The molecule has 2 atom stereocenters. The highest BCUT2D eigenvalue weighted by Gasteiger charge is 2.30. The van der Waals surface area contributed by atoms with E-state index in [9.17, 15) is 9.59 Å². The summed E-state index contributed by atoms with van der Waals surface area (Å²) in [6.45, 7) is 1.05. The van der Waals surface area contributed by atoms with E-state index < -0.39 is 0 Å². The average molecular weight is 435 g/mol. The van der Waals surface area contributed by atoms with Gasteiger partial charge in [-0.05, 0) is 23.9 Å². The first kappa shape index (κ1) is 21.2. The van der Waals surface area contributed by atoms with Crippen molar-refractivity contribution in [1.29, 1.82) is 0 Å². The molecule has 0 aliphatic carbocycles. The molecular formula is C19H23ClN6O2S. The molecule has 29 heavy (non-hydrogen) atoms. The summed E-state index contributed by atoms with van der Waals surface area (Å²) >= 11 is 1.50. The smallest absolute Gasteiger partial charge is 0.264 e. The van der Waals surface area contributed by atoms with Crippen LogP contribution in [0.4, 0.5) is 0 Å². The maximum absolute atomic E-state index is 12.8. The predicted molar refractivity (Wildman–Crippen MR) is 114 cm³/mol. The number of rotatable bonds is 5. The van der Waals surface area contributed by atoms with E-state index >= 15 is 0 Å². The Balaban J connectivity index is 0.00000240. The molecule has 1 aliphatic rings. The number of nitrogens with zero attached hydrogens (tertiary/aromatic N) is 4. The Morgan fingerprint density at radius 2 is 2.17 bits per heavy atom. The fourth-order valence-corrected chi connectivity index (χ4v) is 4.50. The fraction of sp³-hybridized carbons (Fsp3) is 0.368. The quantitative estimate of drug-likeness (QED) is 0.639. The van der Waals surface area contributed by atoms with Crippen LogP contribution in [-0.2, 0) is 11.3 Å². The number of halogens is 1. The molecule has 0 bridgehead atoms. The van der Waals surface area contributed by atoms with Gasteiger partial charge in [0.2, 0.25) is 5.91 Å². The van der Waals surface area contributed by atoms with Gasteiger partial charge in [-0.1, -0.05) is 23.4 Å². The first-order valence-corrected chi connectivity index (χ1v) is 9.96. The highest BCUT2D eigenvalue weighted by Crippen LogP contribution is 2.26. The number of amides is 2. The summed E-state index contributed by atoms with van der Waals surface area (Å²) in [4.78, 5) is 26.9. The van der Waals surface area contributed by atoms with Crippen LogP contribution >= 0.6 is 23.7 Å². The van der Waals surface area contributed by atoms with Crippen LogP contribution in [0.25, 0.3) is 10.1 Å². The summed E-state index contributed by atoms with van der Waals surface area (Å²) < 4.78 is 2.88. The first-order chi connectivity index (χ1) is 13.5. The number of fused-ring (bicyclic) bond motifs is 1. The molecule has 0 unspecified atom stereocenters. The number of hydrogen-bond donors (Lipinski definition) is 2. The van der Waals surface area contributed by atoms with Crippen LogP contribution in [0, 0.1) is 0 Å². The number of nitrogens with one attached hydrogen (secondary N) is 2. The minimum Gasteiger partial charge on any atom is -0.358 e. The van der Waals surface area contributed by atoms with Crippen LogP contribution in [0.1, 0.15) is 27.8 Å². The fourth-order valence-electron chi connectivity index (χ4n) is 3.45. The second-order valence-corrected chi connectivity index (χ2v) is 8.05. The number of thiophene rings is 1. The van der Waals surface area contributed by atoms with Crippen LogP contribution in [0.2, 0.25) is 0 Å². The zero-order valence-corrected chi connectivity index (χ0v) is 17.8. The lowest BCUT2D eigenvalue weighted by molar-refractivity contribution is -0.122. The second kappa shape index (κ2) is 8.89. The summed E-state index contributed by atoms with van der Waals surface area (Å²) in [7, 11) is 3.40. The third-order valence-corrected chi connectivity index (χ3v) is 6.09. The molecule has 0 spiro atoms. The van der Waals surface area contributed by atoms with Crippen molar-refractivity contribution >= 4 is 45.6 Å². The Morgan fingerprint density at radius 1 is 1.38 bits per heavy atom. The van der Waals surface area contributed by atoms with Gasteiger partial charge < -0.3 is 15.5 Å². The summed E-state index contributed by atoms with van der Waals surface area (Å²) in [6.07, 6.45) is 2.52. The van der Waals surface area contributed by atoms with Crippen molar-refractivity contribution in [3.05, 3.63) is 47.1 Å². The van der Waals surface area contributed by atoms with E-state index in [0.29, 0.717) is 24.4 Å². The maximum atomic E-state index is 12.8. The molecular weight excluding hydrogens is 412 g/mol. The van der Waals surface area contributed by atoms with Gasteiger partial charge in [-0.2, -0.15) is 0 Å². The maximum Gasteiger partial charge on any atom is 0.264 e. The van der Waals surface area contributed by atoms with Gasteiger partial charge in [0.15, 0.2) is 0 Å². The van der Waals surface area contributed by atoms with Gasteiger partial charge in [0.05, 0.1) is 29.7 Å². The predicted octanol–water partition coefficient (Wildman–Crippen LogP) is 1.84. The molecule has 8 nitrogen and oxygen atoms in total. The number of likely N-dealkylation sites (N-methyl/N-ethyl adjacent to an activating group) is 1. The van der Waals surface area contributed by atoms with Gasteiger partial charge in [-0.25, -0.2) is 4.68 Å². The zero-order chi connectivity index (χ0) is 19.7. The Kier molecular flexibility index (Phi) is 6.51. The van der Waals surface area contributed by atoms with Gasteiger partial charge in [0.25, 0.3) is 5.91 Å². The lowest BCUT2D eigenvalue weighted by Crippen LogP contribution is -2.38. The Morgan fingerprint density at radius 3 is 2.93 bits per heavy atom. The van der Waals surface area contributed by atoms with E-state index in [4.69, 9.17) is 0 Å². The van der Waals surface area contributed by atoms with Crippen LogP contribution in [0.3, 0.4) is 0 Å². The minimum absolute atomic E-state index is 0. The van der Waals surface area contributed by atoms with Crippen molar-refractivity contribution in [2.45, 2.75) is 25.0 Å². The molecule has 1 saturated heterocycles. The van der Waals surface area contributed by atoms with Gasteiger partial charge in [0, 0.05) is 25.3 Å². The number of hydrogen-bond acceptors (Lipinski definition) is 6. The van der Waals surface area contributed by atoms with Crippen LogP contribution in [0.5, 0.6) is 0 Å². The van der Waals surface area contributed by atoms with E-state index in [1.807, 2.05) is 36.5 Å². The molecule has 4 rings (SSSR count). The molecule has 1 aromatic carbocycles. The van der Waals surface area contributed by atoms with Crippen molar-refractivity contribution in [3.8, 4) is 0 Å². The number of carbonyl (C=O) groups is 2. The number of aromatic nitrogens is 3. The van der Waals surface area contributed by atoms with E-state index in [1.54, 1.807) is 23.7 Å². The average Bonchev–Trinajstić information content (AvgIpc) is 3.44. The lowest BCUT2D eigenvalue weighted by atomic mass is 10.1. The topological polar surface area (TPSA) is 92.2 Å². The van der Waals surface area contributed by atoms with Crippen molar-refractivity contribution in [3.63, 3.8) is 0 Å². The summed E-state index contributed by atoms with van der Waals surface area (Å²) in [6, 6.07) is 9.77. The molecule has 1 aliphatic heterocycles. The Bertz CT molecular complexity index is 986. The largest absolute Gasteiger partial charge is 0.358 e. The van der Waals surface area contributed by atoms with Crippen LogP contribution in [0.15, 0.2) is 36.5 Å². The highest BCUT2D eigenvalue weighted by atomic mass is 35.5. The SMILES string of the molecule is CNC(=O)[C@@H]1C[C@@H](n2cc(CN(C)C(=O)c3cc4ccccc4s3)nn2)CN1.Cl. The second-order valence-electron chi connectivity index (χ2n) is 6.96. The Hall–Kier alpha value is -2.49. The van der Waals surface area contributed by atoms with E-state index in [2.05, 4.69) is 20.9 Å². The third-order valence-electron chi connectivity index (χ3n) is 4.98. The molecule has 2 amide bonds. The van der Waals surface area contributed by atoms with Crippen LogP contribution in [-0.4, -0.2) is 58.4 Å². The molecule has 1 fully saturated rings. The van der Waals surface area contributed by atoms with Gasteiger partial charge in [-0.3, -0.25) is 9.59 Å². The monoisotopic (exact) mass is 434 g/mol. The molecule has 0 saturated carbocycles. The summed E-state index contributed by atoms with van der Waals surface area (Å²) in [5.41, 5.74) is 0.723. The van der Waals surface area contributed by atoms with Crippen molar-refractivity contribution in [2.24, 2.45) is 0 Å². The molecule has 10 heteroatoms. The lowest BCUT2D eigenvalue weighted by Gasteiger charge is -2.14. The summed E-state index contributed by atoms with van der Waals surface area (Å²) in [5.74, 6) is -0.0468. The van der Waals surface area contributed by atoms with Crippen LogP contribution < -0.4 is 10.6 Å². The van der Waals surface area contributed by atoms with Crippen molar-refractivity contribution in [2.75, 3.05) is 20.6 Å².